The Morgan fingerprint density at radius 2 is 1.47 bits per heavy atom. The summed E-state index contributed by atoms with van der Waals surface area (Å²) >= 11 is 0. The predicted octanol–water partition coefficient (Wildman–Crippen LogP) is 9.11. The topological polar surface area (TPSA) is 25.3 Å². The van der Waals surface area contributed by atoms with E-state index in [2.05, 4.69) is 75.4 Å². The molecule has 3 heteroatoms. The van der Waals surface area contributed by atoms with E-state index < -0.39 is 0 Å². The third kappa shape index (κ3) is 7.01. The second kappa shape index (κ2) is 13.5. The Labute approximate surface area is 208 Å². The van der Waals surface area contributed by atoms with Gasteiger partial charge in [-0.3, -0.25) is 0 Å². The van der Waals surface area contributed by atoms with Gasteiger partial charge in [0, 0.05) is 39.3 Å². The predicted molar refractivity (Wildman–Crippen MR) is 135 cm³/mol. The number of nitrogens with zero attached hydrogens (tertiary/aromatic N) is 2. The van der Waals surface area contributed by atoms with Crippen LogP contribution in [0.2, 0.25) is 0 Å². The molecule has 2 nitrogen and oxygen atoms in total. The molecule has 0 atom stereocenters. The van der Waals surface area contributed by atoms with Crippen LogP contribution in [0.25, 0.3) is 16.9 Å². The molecule has 0 unspecified atom stereocenters. The quantitative estimate of drug-likeness (QED) is 0.166. The zero-order valence-electron chi connectivity index (χ0n) is 22.0. The molecule has 3 rings (SSSR count). The monoisotopic (exact) mass is 474 g/mol. The van der Waals surface area contributed by atoms with Gasteiger partial charge in [-0.15, -0.1) is 0 Å². The van der Waals surface area contributed by atoms with Crippen molar-refractivity contribution >= 4 is 11.4 Å². The summed E-state index contributed by atoms with van der Waals surface area (Å²) in [5, 5.41) is 0. The number of aryl methyl sites for hydroxylation is 2. The van der Waals surface area contributed by atoms with E-state index >= 15 is 0 Å². The van der Waals surface area contributed by atoms with Crippen molar-refractivity contribution in [1.82, 2.24) is 0 Å². The van der Waals surface area contributed by atoms with Crippen LogP contribution >= 0.6 is 0 Å². The molecule has 2 aromatic rings. The first-order valence-electron chi connectivity index (χ1n) is 12.2. The van der Waals surface area contributed by atoms with Crippen molar-refractivity contribution in [3.63, 3.8) is 0 Å². The van der Waals surface area contributed by atoms with Gasteiger partial charge in [0.05, 0.1) is 0 Å². The maximum atomic E-state index is 11.2. The normalized spacial score (nSPS) is 13.3. The van der Waals surface area contributed by atoms with Crippen molar-refractivity contribution in [3.8, 4) is 0 Å². The number of hydrogen-bond acceptors (Lipinski definition) is 0. The third-order valence-corrected chi connectivity index (χ3v) is 6.19. The molecule has 0 spiro atoms. The zero-order valence-corrected chi connectivity index (χ0v) is 21.0. The van der Waals surface area contributed by atoms with Crippen LogP contribution in [-0.2, 0) is 22.9 Å². The molecular weight excluding hydrogens is 435 g/mol. The van der Waals surface area contributed by atoms with Crippen LogP contribution in [0.4, 0.5) is 0 Å². The van der Waals surface area contributed by atoms with Gasteiger partial charge < -0.3 is 8.38 Å². The van der Waals surface area contributed by atoms with Crippen molar-refractivity contribution in [2.45, 2.75) is 85.0 Å². The molecule has 0 fully saturated rings. The Balaban J connectivity index is 0.00000363. The number of unbranched alkanes of at least 4 members (excludes halogenated alkanes) is 6. The molecule has 32 heavy (non-hydrogen) atoms. The van der Waals surface area contributed by atoms with Gasteiger partial charge in [-0.25, -0.2) is 4.70 Å². The van der Waals surface area contributed by atoms with E-state index in [-0.39, 0.29) is 19.3 Å². The first kappa shape index (κ1) is 26.3. The van der Waals surface area contributed by atoms with Crippen molar-refractivity contribution in [2.75, 3.05) is 0 Å². The van der Waals surface area contributed by atoms with E-state index in [1.54, 1.807) is 0 Å². The first-order valence-corrected chi connectivity index (χ1v) is 12.2. The minimum absolute atomic E-state index is 0. The van der Waals surface area contributed by atoms with E-state index in [0.29, 0.717) is 0 Å². The molecule has 0 bridgehead atoms. The minimum Gasteiger partial charge on any atom is -1.00 e. The third-order valence-electron chi connectivity index (χ3n) is 6.19. The Morgan fingerprint density at radius 1 is 0.781 bits per heavy atom. The summed E-state index contributed by atoms with van der Waals surface area (Å²) in [6.45, 7) is 6.59. The summed E-state index contributed by atoms with van der Waals surface area (Å²) in [5.41, 5.74) is 19.0. The summed E-state index contributed by atoms with van der Waals surface area (Å²) in [6, 6.07) is 17.2. The van der Waals surface area contributed by atoms with E-state index in [1.807, 2.05) is 0 Å². The molecule has 0 radical (unpaired) electrons. The number of benzene rings is 2. The maximum absolute atomic E-state index is 11.2. The molecule has 0 aliphatic carbocycles. The summed E-state index contributed by atoms with van der Waals surface area (Å²) in [7, 11) is 0. The molecule has 0 saturated carbocycles. The Bertz CT molecular complexity index is 966. The van der Waals surface area contributed by atoms with E-state index in [0.717, 1.165) is 48.2 Å². The summed E-state index contributed by atoms with van der Waals surface area (Å²) in [4.78, 5) is 0. The maximum Gasteiger partial charge on any atom is 0.210 e. The van der Waals surface area contributed by atoms with Crippen molar-refractivity contribution in [3.05, 3.63) is 88.0 Å². The van der Waals surface area contributed by atoms with Gasteiger partial charge in [-0.1, -0.05) is 82.2 Å². The molecule has 2 aromatic carbocycles. The molecule has 178 valence electrons. The van der Waals surface area contributed by atoms with E-state index in [1.165, 1.54) is 59.9 Å². The first-order chi connectivity index (χ1) is 15.1. The van der Waals surface area contributed by atoms with Crippen LogP contribution in [0.3, 0.4) is 0 Å². The van der Waals surface area contributed by atoms with Crippen molar-refractivity contribution < 1.29 is 24.0 Å². The van der Waals surface area contributed by atoms with E-state index in [4.69, 9.17) is 0 Å². The fraction of sp³-hybridized carbons (Fsp3) is 0.448. The second-order valence-corrected chi connectivity index (χ2v) is 8.91. The van der Waals surface area contributed by atoms with Gasteiger partial charge in [0.1, 0.15) is 0 Å². The molecular formula is C29H40N2Ni-2. The summed E-state index contributed by atoms with van der Waals surface area (Å²) in [5.74, 6) is 0. The average molecular weight is 475 g/mol. The van der Waals surface area contributed by atoms with Gasteiger partial charge in [0.25, 0.3) is 0 Å². The van der Waals surface area contributed by atoms with Crippen LogP contribution in [0, 0.1) is 6.92 Å². The summed E-state index contributed by atoms with van der Waals surface area (Å²) in [6.07, 6.45) is 14.5. The smallest absolute Gasteiger partial charge is 0.210 e. The fourth-order valence-electron chi connectivity index (χ4n) is 4.41. The van der Waals surface area contributed by atoms with Gasteiger partial charge >= 0.3 is 0 Å². The molecule has 1 heterocycles. The van der Waals surface area contributed by atoms with Crippen LogP contribution in [-0.4, -0.2) is 4.70 Å². The summed E-state index contributed by atoms with van der Waals surface area (Å²) < 4.78 is 1.42. The van der Waals surface area contributed by atoms with Gasteiger partial charge in [-0.05, 0) is 62.4 Å². The van der Waals surface area contributed by atoms with Gasteiger partial charge in [0.2, 0.25) is 11.4 Å². The molecule has 0 N–H and O–H groups in total. The standard InChI is InChI=1S/C29H38N2.Ni.2H/c1-4-6-8-9-10-11-15-24-16-13-18-25(21-24)28-22-27(17-7-5-2)29(31(28)30)26-19-12-14-23(3)20-26;;;/h12-14,16,18-22H,4-11,15,17H2,1-3H3;;;/q;;2*-1. The average Bonchev–Trinajstić information content (AvgIpc) is 3.11. The van der Waals surface area contributed by atoms with Crippen LogP contribution in [0.15, 0.2) is 60.2 Å². The van der Waals surface area contributed by atoms with Crippen LogP contribution in [0.5, 0.6) is 0 Å². The second-order valence-electron chi connectivity index (χ2n) is 8.91. The fourth-order valence-corrected chi connectivity index (χ4v) is 4.41. The molecule has 0 aromatic heterocycles. The molecule has 1 aliphatic rings. The largest absolute Gasteiger partial charge is 1.00 e. The molecule has 0 amide bonds. The Kier molecular flexibility index (Phi) is 11.1. The van der Waals surface area contributed by atoms with Crippen LogP contribution < -0.4 is 0 Å². The number of hydrogen-bond donors (Lipinski definition) is 0. The SMILES string of the molecule is CCCCCCCCc1cccc(C2=CC(CCCC)=C(c3cccc(C)c3)[N+]2=[N-])c1.[H-].[H-].[Ni]. The zero-order chi connectivity index (χ0) is 22.1. The Morgan fingerprint density at radius 3 is 2.22 bits per heavy atom. The van der Waals surface area contributed by atoms with Crippen molar-refractivity contribution in [2.24, 2.45) is 0 Å². The van der Waals surface area contributed by atoms with E-state index in [9.17, 15) is 5.53 Å². The number of allylic oxidation sites excluding steroid dienone is 2. The van der Waals surface area contributed by atoms with Gasteiger partial charge in [-0.2, -0.15) is 0 Å². The molecule has 0 saturated heterocycles. The number of rotatable bonds is 12. The Hall–Kier alpha value is -1.99. The molecule has 1 aliphatic heterocycles. The minimum atomic E-state index is 0. The van der Waals surface area contributed by atoms with Crippen LogP contribution in [0.1, 0.15) is 96.7 Å². The van der Waals surface area contributed by atoms with Crippen molar-refractivity contribution in [1.29, 1.82) is 0 Å². The van der Waals surface area contributed by atoms with Gasteiger partial charge in [0.15, 0.2) is 0 Å².